The van der Waals surface area contributed by atoms with Gasteiger partial charge in [-0.1, -0.05) is 12.1 Å². The second-order valence-electron chi connectivity index (χ2n) is 6.98. The van der Waals surface area contributed by atoms with Crippen LogP contribution in [0.25, 0.3) is 0 Å². The molecule has 4 heteroatoms. The lowest BCUT2D eigenvalue weighted by atomic mass is 9.94. The molecule has 2 rings (SSSR count). The molecule has 20 heavy (non-hydrogen) atoms. The predicted molar refractivity (Wildman–Crippen MR) is 74.6 cm³/mol. The summed E-state index contributed by atoms with van der Waals surface area (Å²) in [4.78, 5) is 0. The molecule has 0 radical (unpaired) electrons. The van der Waals surface area contributed by atoms with Crippen molar-refractivity contribution in [2.75, 3.05) is 6.54 Å². The molecule has 1 saturated carbocycles. The Balaban J connectivity index is 1.97. The van der Waals surface area contributed by atoms with Crippen molar-refractivity contribution in [3.05, 3.63) is 35.4 Å². The van der Waals surface area contributed by atoms with Crippen LogP contribution in [0.4, 0.5) is 13.2 Å². The molecule has 1 aromatic rings. The van der Waals surface area contributed by atoms with Gasteiger partial charge in [-0.15, -0.1) is 0 Å². The first kappa shape index (κ1) is 15.4. The summed E-state index contributed by atoms with van der Waals surface area (Å²) in [7, 11) is 0. The maximum absolute atomic E-state index is 12.5. The summed E-state index contributed by atoms with van der Waals surface area (Å²) in [5.74, 6) is 0. The first-order chi connectivity index (χ1) is 9.10. The summed E-state index contributed by atoms with van der Waals surface area (Å²) in [6, 6.07) is 5.59. The van der Waals surface area contributed by atoms with Crippen LogP contribution in [0.5, 0.6) is 0 Å². The fraction of sp³-hybridized carbons (Fsp3) is 0.625. The van der Waals surface area contributed by atoms with Crippen LogP contribution in [0.1, 0.15) is 44.7 Å². The molecule has 1 fully saturated rings. The summed E-state index contributed by atoms with van der Waals surface area (Å²) in [6.07, 6.45) is -1.09. The first-order valence-electron chi connectivity index (χ1n) is 7.01. The summed E-state index contributed by atoms with van der Waals surface area (Å²) >= 11 is 0. The molecular formula is C16H22F3N. The van der Waals surface area contributed by atoms with Crippen LogP contribution in [-0.2, 0) is 12.6 Å². The molecule has 1 aliphatic rings. The van der Waals surface area contributed by atoms with Gasteiger partial charge in [0, 0.05) is 12.1 Å². The van der Waals surface area contributed by atoms with Crippen LogP contribution in [0, 0.1) is 5.41 Å². The quantitative estimate of drug-likeness (QED) is 0.863. The minimum Gasteiger partial charge on any atom is -0.312 e. The fourth-order valence-corrected chi connectivity index (χ4v) is 2.29. The highest BCUT2D eigenvalue weighted by Crippen LogP contribution is 2.48. The third kappa shape index (κ3) is 4.23. The number of alkyl halides is 3. The van der Waals surface area contributed by atoms with Crippen LogP contribution in [0.2, 0.25) is 0 Å². The third-order valence-corrected chi connectivity index (χ3v) is 3.81. The second kappa shape index (κ2) is 5.06. The van der Waals surface area contributed by atoms with Gasteiger partial charge in [-0.05, 0) is 63.1 Å². The lowest BCUT2D eigenvalue weighted by Crippen LogP contribution is -2.40. The first-order valence-corrected chi connectivity index (χ1v) is 7.01. The van der Waals surface area contributed by atoms with Gasteiger partial charge in [0.25, 0.3) is 0 Å². The topological polar surface area (TPSA) is 12.0 Å². The molecule has 0 aliphatic heterocycles. The molecule has 0 bridgehead atoms. The molecule has 0 spiro atoms. The van der Waals surface area contributed by atoms with Crippen LogP contribution in [0.15, 0.2) is 24.3 Å². The van der Waals surface area contributed by atoms with Gasteiger partial charge in [0.05, 0.1) is 5.56 Å². The smallest absolute Gasteiger partial charge is 0.312 e. The zero-order valence-electron chi connectivity index (χ0n) is 12.3. The highest BCUT2D eigenvalue weighted by atomic mass is 19.4. The van der Waals surface area contributed by atoms with Gasteiger partial charge in [-0.2, -0.15) is 13.2 Å². The molecule has 1 aliphatic carbocycles. The molecule has 0 saturated heterocycles. The molecule has 0 heterocycles. The average molecular weight is 285 g/mol. The van der Waals surface area contributed by atoms with Gasteiger partial charge < -0.3 is 5.32 Å². The van der Waals surface area contributed by atoms with Crippen molar-refractivity contribution in [1.82, 2.24) is 5.32 Å². The van der Waals surface area contributed by atoms with Crippen molar-refractivity contribution in [2.45, 2.75) is 51.7 Å². The Hall–Kier alpha value is -1.03. The molecule has 112 valence electrons. The Morgan fingerprint density at radius 2 is 1.60 bits per heavy atom. The third-order valence-electron chi connectivity index (χ3n) is 3.81. The number of hydrogen-bond donors (Lipinski definition) is 1. The summed E-state index contributed by atoms with van der Waals surface area (Å²) in [6.45, 7) is 7.31. The van der Waals surface area contributed by atoms with Crippen molar-refractivity contribution in [3.8, 4) is 0 Å². The van der Waals surface area contributed by atoms with Gasteiger partial charge in [0.2, 0.25) is 0 Å². The SMILES string of the molecule is CC(C)(C)NCC1(Cc2ccc(C(F)(F)F)cc2)CC1. The van der Waals surface area contributed by atoms with E-state index in [1.54, 1.807) is 12.1 Å². The number of halogens is 3. The molecule has 1 N–H and O–H groups in total. The number of rotatable bonds is 4. The molecular weight excluding hydrogens is 263 g/mol. The number of hydrogen-bond acceptors (Lipinski definition) is 1. The minimum atomic E-state index is -4.25. The Morgan fingerprint density at radius 3 is 2.00 bits per heavy atom. The van der Waals surface area contributed by atoms with E-state index < -0.39 is 11.7 Å². The van der Waals surface area contributed by atoms with Crippen LogP contribution in [0.3, 0.4) is 0 Å². The lowest BCUT2D eigenvalue weighted by Gasteiger charge is -2.25. The van der Waals surface area contributed by atoms with E-state index >= 15 is 0 Å². The van der Waals surface area contributed by atoms with Crippen molar-refractivity contribution >= 4 is 0 Å². The van der Waals surface area contributed by atoms with Gasteiger partial charge in [-0.3, -0.25) is 0 Å². The summed E-state index contributed by atoms with van der Waals surface area (Å²) in [5, 5.41) is 3.50. The maximum atomic E-state index is 12.5. The normalized spacial score (nSPS) is 18.1. The van der Waals surface area contributed by atoms with Crippen molar-refractivity contribution in [3.63, 3.8) is 0 Å². The molecule has 0 aromatic heterocycles. The standard InChI is InChI=1S/C16H22F3N/c1-14(2,3)20-11-15(8-9-15)10-12-4-6-13(7-5-12)16(17,18)19/h4-7,20H,8-11H2,1-3H3. The van der Waals surface area contributed by atoms with E-state index in [1.165, 1.54) is 12.1 Å². The minimum absolute atomic E-state index is 0.0791. The van der Waals surface area contributed by atoms with Gasteiger partial charge in [0.1, 0.15) is 0 Å². The fourth-order valence-electron chi connectivity index (χ4n) is 2.29. The Morgan fingerprint density at radius 1 is 1.05 bits per heavy atom. The molecule has 0 unspecified atom stereocenters. The number of nitrogens with one attached hydrogen (secondary N) is 1. The molecule has 0 amide bonds. The van der Waals surface area contributed by atoms with Crippen molar-refractivity contribution in [2.24, 2.45) is 5.41 Å². The predicted octanol–water partition coefficient (Wildman–Crippen LogP) is 4.42. The Labute approximate surface area is 118 Å². The van der Waals surface area contributed by atoms with Gasteiger partial charge in [0.15, 0.2) is 0 Å². The molecule has 0 atom stereocenters. The van der Waals surface area contributed by atoms with E-state index in [-0.39, 0.29) is 11.0 Å². The van der Waals surface area contributed by atoms with E-state index in [2.05, 4.69) is 26.1 Å². The van der Waals surface area contributed by atoms with E-state index in [0.29, 0.717) is 0 Å². The summed E-state index contributed by atoms with van der Waals surface area (Å²) < 4.78 is 37.5. The lowest BCUT2D eigenvalue weighted by molar-refractivity contribution is -0.137. The monoisotopic (exact) mass is 285 g/mol. The van der Waals surface area contributed by atoms with Gasteiger partial charge >= 0.3 is 6.18 Å². The van der Waals surface area contributed by atoms with Crippen LogP contribution >= 0.6 is 0 Å². The van der Waals surface area contributed by atoms with Crippen molar-refractivity contribution in [1.29, 1.82) is 0 Å². The van der Waals surface area contributed by atoms with Crippen LogP contribution in [-0.4, -0.2) is 12.1 Å². The summed E-state index contributed by atoms with van der Waals surface area (Å²) in [5.41, 5.74) is 0.744. The molecule has 1 aromatic carbocycles. The largest absolute Gasteiger partial charge is 0.416 e. The Kier molecular flexibility index (Phi) is 3.89. The van der Waals surface area contributed by atoms with E-state index in [9.17, 15) is 13.2 Å². The maximum Gasteiger partial charge on any atom is 0.416 e. The van der Waals surface area contributed by atoms with E-state index in [0.717, 1.165) is 31.4 Å². The van der Waals surface area contributed by atoms with Crippen LogP contribution < -0.4 is 5.32 Å². The zero-order valence-corrected chi connectivity index (χ0v) is 12.3. The number of benzene rings is 1. The Bertz CT molecular complexity index is 450. The van der Waals surface area contributed by atoms with Gasteiger partial charge in [-0.25, -0.2) is 0 Å². The second-order valence-corrected chi connectivity index (χ2v) is 6.98. The highest BCUT2D eigenvalue weighted by molar-refractivity contribution is 5.26. The van der Waals surface area contributed by atoms with E-state index in [4.69, 9.17) is 0 Å². The van der Waals surface area contributed by atoms with E-state index in [1.807, 2.05) is 0 Å². The zero-order chi connectivity index (χ0) is 15.0. The molecule has 1 nitrogen and oxygen atoms in total. The highest BCUT2D eigenvalue weighted by Gasteiger charge is 2.42. The average Bonchev–Trinajstić information content (AvgIpc) is 3.06. The van der Waals surface area contributed by atoms with Crippen molar-refractivity contribution < 1.29 is 13.2 Å².